The van der Waals surface area contributed by atoms with Crippen molar-refractivity contribution in [3.63, 3.8) is 0 Å². The smallest absolute Gasteiger partial charge is 0.272 e. The number of hydrogen-bond acceptors (Lipinski definition) is 5. The Hall–Kier alpha value is -3.73. The first-order valence-corrected chi connectivity index (χ1v) is 7.36. The summed E-state index contributed by atoms with van der Waals surface area (Å²) in [6, 6.07) is 4.84. The summed E-state index contributed by atoms with van der Waals surface area (Å²) in [4.78, 5) is 19.3. The fourth-order valence-corrected chi connectivity index (χ4v) is 2.97. The zero-order valence-corrected chi connectivity index (χ0v) is 13.0. The number of halogens is 1. The molecule has 0 saturated heterocycles. The molecule has 0 aliphatic rings. The summed E-state index contributed by atoms with van der Waals surface area (Å²) in [6.45, 7) is 1.72. The number of aromatic amines is 2. The van der Waals surface area contributed by atoms with Gasteiger partial charge in [0.2, 0.25) is 0 Å². The molecule has 4 N–H and O–H groups in total. The lowest BCUT2D eigenvalue weighted by molar-refractivity contribution is 0.636. The topological polar surface area (TPSA) is 124 Å². The number of benzene rings is 1. The summed E-state index contributed by atoms with van der Waals surface area (Å²) in [5.41, 5.74) is 8.45. The fraction of sp³-hybridized carbons (Fsp3) is 0.0588. The number of fused-ring (bicyclic) bond motifs is 2. The number of nitrogens with two attached hydrogens (primary N) is 1. The number of aryl methyl sites for hydroxylation is 1. The van der Waals surface area contributed by atoms with Crippen LogP contribution in [0, 0.1) is 24.1 Å². The number of nitriles is 1. The second-order valence-corrected chi connectivity index (χ2v) is 5.63. The number of anilines is 1. The predicted molar refractivity (Wildman–Crippen MR) is 91.3 cm³/mol. The summed E-state index contributed by atoms with van der Waals surface area (Å²) < 4.78 is 13.9. The molecule has 4 rings (SSSR count). The Morgan fingerprint density at radius 3 is 2.84 bits per heavy atom. The molecule has 0 bridgehead atoms. The largest absolute Gasteiger partial charge is 0.394 e. The molecule has 0 amide bonds. The van der Waals surface area contributed by atoms with Crippen LogP contribution in [-0.4, -0.2) is 20.2 Å². The molecule has 7 nitrogen and oxygen atoms in total. The second-order valence-electron chi connectivity index (χ2n) is 5.63. The number of aromatic nitrogens is 4. The number of nitrogens with zero attached hydrogens (tertiary/aromatic N) is 3. The Balaban J connectivity index is 2.21. The number of hydrogen-bond donors (Lipinski definition) is 3. The average molecular weight is 334 g/mol. The lowest BCUT2D eigenvalue weighted by atomic mass is 9.97. The number of rotatable bonds is 1. The summed E-state index contributed by atoms with van der Waals surface area (Å²) in [5.74, 6) is -0.458. The van der Waals surface area contributed by atoms with Gasteiger partial charge in [0.25, 0.3) is 5.56 Å². The van der Waals surface area contributed by atoms with Crippen LogP contribution in [0.5, 0.6) is 0 Å². The Bertz CT molecular complexity index is 1260. The molecule has 0 spiro atoms. The van der Waals surface area contributed by atoms with Crippen LogP contribution in [-0.2, 0) is 0 Å². The van der Waals surface area contributed by atoms with E-state index in [2.05, 4.69) is 20.2 Å². The molecule has 0 fully saturated rings. The van der Waals surface area contributed by atoms with E-state index in [4.69, 9.17) is 5.73 Å². The van der Waals surface area contributed by atoms with E-state index in [1.165, 1.54) is 24.5 Å². The lowest BCUT2D eigenvalue weighted by Crippen LogP contribution is -2.15. The molecule has 122 valence electrons. The first-order valence-electron chi connectivity index (χ1n) is 7.36. The van der Waals surface area contributed by atoms with E-state index in [-0.39, 0.29) is 11.2 Å². The Morgan fingerprint density at radius 1 is 1.28 bits per heavy atom. The van der Waals surface area contributed by atoms with Gasteiger partial charge in [0, 0.05) is 17.1 Å². The fourth-order valence-electron chi connectivity index (χ4n) is 2.97. The van der Waals surface area contributed by atoms with Crippen LogP contribution in [0.3, 0.4) is 0 Å². The van der Waals surface area contributed by atoms with Crippen molar-refractivity contribution >= 4 is 27.6 Å². The van der Waals surface area contributed by atoms with E-state index >= 15 is 0 Å². The van der Waals surface area contributed by atoms with Gasteiger partial charge in [0.15, 0.2) is 0 Å². The van der Waals surface area contributed by atoms with Crippen LogP contribution < -0.4 is 11.3 Å². The SMILES string of the molecule is Cc1c(C#N)cnc2c(-c3ccc(F)c4[nH]ncc34)c(N)c(=O)[nH]c12. The van der Waals surface area contributed by atoms with Crippen LogP contribution in [0.1, 0.15) is 11.1 Å². The van der Waals surface area contributed by atoms with E-state index in [1.807, 2.05) is 6.07 Å². The third-order valence-electron chi connectivity index (χ3n) is 4.28. The zero-order valence-electron chi connectivity index (χ0n) is 13.0. The molecular formula is C17H11FN6O. The summed E-state index contributed by atoms with van der Waals surface area (Å²) in [6.07, 6.45) is 2.89. The molecule has 0 saturated carbocycles. The van der Waals surface area contributed by atoms with Crippen molar-refractivity contribution in [2.45, 2.75) is 6.92 Å². The van der Waals surface area contributed by atoms with E-state index in [0.717, 1.165) is 0 Å². The first kappa shape index (κ1) is 14.8. The van der Waals surface area contributed by atoms with Crippen molar-refractivity contribution in [2.75, 3.05) is 5.73 Å². The van der Waals surface area contributed by atoms with Crippen molar-refractivity contribution in [1.29, 1.82) is 5.26 Å². The van der Waals surface area contributed by atoms with Gasteiger partial charge in [-0.2, -0.15) is 10.4 Å². The van der Waals surface area contributed by atoms with E-state index in [9.17, 15) is 14.4 Å². The van der Waals surface area contributed by atoms with Crippen LogP contribution >= 0.6 is 0 Å². The van der Waals surface area contributed by atoms with Crippen LogP contribution in [0.25, 0.3) is 33.1 Å². The maximum absolute atomic E-state index is 13.9. The molecule has 0 aliphatic heterocycles. The molecule has 0 radical (unpaired) electrons. The number of H-pyrrole nitrogens is 2. The molecule has 1 aromatic carbocycles. The van der Waals surface area contributed by atoms with Crippen molar-refractivity contribution < 1.29 is 4.39 Å². The quantitative estimate of drug-likeness (QED) is 0.493. The van der Waals surface area contributed by atoms with Gasteiger partial charge in [-0.25, -0.2) is 4.39 Å². The minimum absolute atomic E-state index is 0.0294. The Labute approximate surface area is 139 Å². The van der Waals surface area contributed by atoms with Gasteiger partial charge < -0.3 is 10.7 Å². The maximum atomic E-state index is 13.9. The van der Waals surface area contributed by atoms with Crippen molar-refractivity contribution in [2.24, 2.45) is 0 Å². The molecule has 8 heteroatoms. The molecule has 0 aliphatic carbocycles. The Kier molecular flexibility index (Phi) is 3.05. The molecule has 4 aromatic rings. The number of pyridine rings is 2. The van der Waals surface area contributed by atoms with Gasteiger partial charge in [-0.1, -0.05) is 6.07 Å². The highest BCUT2D eigenvalue weighted by Crippen LogP contribution is 2.36. The van der Waals surface area contributed by atoms with Crippen molar-refractivity contribution in [1.82, 2.24) is 20.2 Å². The van der Waals surface area contributed by atoms with Gasteiger partial charge >= 0.3 is 0 Å². The lowest BCUT2D eigenvalue weighted by Gasteiger charge is -2.12. The predicted octanol–water partition coefficient (Wildman–Crippen LogP) is 2.37. The maximum Gasteiger partial charge on any atom is 0.272 e. The monoisotopic (exact) mass is 334 g/mol. The van der Waals surface area contributed by atoms with Gasteiger partial charge in [0.05, 0.1) is 22.8 Å². The van der Waals surface area contributed by atoms with Crippen molar-refractivity contribution in [3.8, 4) is 17.2 Å². The summed E-state index contributed by atoms with van der Waals surface area (Å²) in [7, 11) is 0. The van der Waals surface area contributed by atoms with Crippen LogP contribution in [0.15, 0.2) is 29.3 Å². The highest BCUT2D eigenvalue weighted by atomic mass is 19.1. The first-order chi connectivity index (χ1) is 12.0. The summed E-state index contributed by atoms with van der Waals surface area (Å²) >= 11 is 0. The van der Waals surface area contributed by atoms with Crippen LogP contribution in [0.2, 0.25) is 0 Å². The normalized spacial score (nSPS) is 11.1. The standard InChI is InChI=1S/C17H11FN6O/c1-7-8(4-19)5-21-16-12(13(20)17(25)23-14(7)16)9-2-3-11(18)15-10(9)6-22-24-15/h2-3,5-6H,20H2,1H3,(H,22,24)(H,23,25). The third kappa shape index (κ3) is 1.99. The number of nitrogens with one attached hydrogen (secondary N) is 2. The molecule has 0 atom stereocenters. The van der Waals surface area contributed by atoms with E-state index in [1.54, 1.807) is 6.92 Å². The van der Waals surface area contributed by atoms with Gasteiger partial charge in [-0.15, -0.1) is 0 Å². The van der Waals surface area contributed by atoms with Gasteiger partial charge in [-0.3, -0.25) is 14.9 Å². The van der Waals surface area contributed by atoms with E-state index < -0.39 is 11.4 Å². The molecule has 0 unspecified atom stereocenters. The minimum atomic E-state index is -0.497. The Morgan fingerprint density at radius 2 is 2.08 bits per heavy atom. The number of nitrogen functional groups attached to an aromatic ring is 1. The second kappa shape index (κ2) is 5.14. The average Bonchev–Trinajstić information content (AvgIpc) is 3.09. The minimum Gasteiger partial charge on any atom is -0.394 e. The zero-order chi connectivity index (χ0) is 17.7. The molecule has 25 heavy (non-hydrogen) atoms. The summed E-state index contributed by atoms with van der Waals surface area (Å²) in [5, 5.41) is 16.1. The highest BCUT2D eigenvalue weighted by Gasteiger charge is 2.19. The van der Waals surface area contributed by atoms with E-state index in [0.29, 0.717) is 38.7 Å². The van der Waals surface area contributed by atoms with Crippen LogP contribution in [0.4, 0.5) is 10.1 Å². The highest BCUT2D eigenvalue weighted by molar-refractivity contribution is 6.06. The van der Waals surface area contributed by atoms with Gasteiger partial charge in [0.1, 0.15) is 23.1 Å². The third-order valence-corrected chi connectivity index (χ3v) is 4.28. The molecule has 3 heterocycles. The molecular weight excluding hydrogens is 323 g/mol. The van der Waals surface area contributed by atoms with Gasteiger partial charge in [-0.05, 0) is 24.1 Å². The molecule has 3 aromatic heterocycles. The van der Waals surface area contributed by atoms with Crippen molar-refractivity contribution in [3.05, 3.63) is 51.8 Å².